The fourth-order valence-corrected chi connectivity index (χ4v) is 2.90. The molecule has 1 nitrogen and oxygen atoms in total. The van der Waals surface area contributed by atoms with Crippen LogP contribution in [0.4, 0.5) is 0 Å². The van der Waals surface area contributed by atoms with Crippen LogP contribution in [0.3, 0.4) is 0 Å². The van der Waals surface area contributed by atoms with Gasteiger partial charge in [-0.25, -0.2) is 0 Å². The van der Waals surface area contributed by atoms with E-state index in [0.717, 1.165) is 0 Å². The van der Waals surface area contributed by atoms with Crippen molar-refractivity contribution in [3.05, 3.63) is 10.6 Å². The van der Waals surface area contributed by atoms with Crippen LogP contribution in [0.1, 0.15) is 25.7 Å². The molecule has 0 amide bonds. The summed E-state index contributed by atoms with van der Waals surface area (Å²) >= 11 is 3.53. The van der Waals surface area contributed by atoms with Gasteiger partial charge in [-0.1, -0.05) is 15.9 Å². The lowest BCUT2D eigenvalue weighted by Gasteiger charge is -2.25. The first kappa shape index (κ1) is 7.81. The van der Waals surface area contributed by atoms with Crippen molar-refractivity contribution >= 4 is 15.9 Å². The largest absolute Gasteiger partial charge is 0.389 e. The molecule has 0 saturated heterocycles. The molecular weight excluding hydrogens is 204 g/mol. The zero-order valence-corrected chi connectivity index (χ0v) is 8.05. The third kappa shape index (κ3) is 1.38. The molecule has 1 N–H and O–H groups in total. The lowest BCUT2D eigenvalue weighted by Crippen LogP contribution is -2.19. The third-order valence-electron chi connectivity index (χ3n) is 2.97. The highest BCUT2D eigenvalue weighted by atomic mass is 79.9. The number of rotatable bonds is 0. The van der Waals surface area contributed by atoms with Gasteiger partial charge in [0.15, 0.2) is 0 Å². The lowest BCUT2D eigenvalue weighted by molar-refractivity contribution is 0.126. The lowest BCUT2D eigenvalue weighted by atomic mass is 9.83. The van der Waals surface area contributed by atoms with Crippen molar-refractivity contribution in [2.24, 2.45) is 11.8 Å². The SMILES string of the molecule is O[C@H]1C=C(Br)C2CCC1CC2. The summed E-state index contributed by atoms with van der Waals surface area (Å²) < 4.78 is 1.24. The minimum absolute atomic E-state index is 0.183. The average Bonchev–Trinajstić information content (AvgIpc) is 2.22. The van der Waals surface area contributed by atoms with Gasteiger partial charge in [0, 0.05) is 0 Å². The van der Waals surface area contributed by atoms with E-state index in [0.29, 0.717) is 11.8 Å². The molecule has 0 aromatic rings. The maximum absolute atomic E-state index is 9.64. The van der Waals surface area contributed by atoms with E-state index in [9.17, 15) is 5.11 Å². The first-order chi connectivity index (χ1) is 5.27. The van der Waals surface area contributed by atoms with Gasteiger partial charge in [-0.2, -0.15) is 0 Å². The predicted octanol–water partition coefficient (Wildman–Crippen LogP) is 2.45. The molecule has 1 fully saturated rings. The van der Waals surface area contributed by atoms with Crippen LogP contribution in [0.25, 0.3) is 0 Å². The molecule has 2 bridgehead atoms. The van der Waals surface area contributed by atoms with E-state index in [4.69, 9.17) is 0 Å². The van der Waals surface area contributed by atoms with E-state index < -0.39 is 0 Å². The van der Waals surface area contributed by atoms with Gasteiger partial charge in [-0.3, -0.25) is 0 Å². The maximum Gasteiger partial charge on any atom is 0.0759 e. The number of fused-ring (bicyclic) bond motifs is 3. The van der Waals surface area contributed by atoms with E-state index in [-0.39, 0.29) is 6.10 Å². The summed E-state index contributed by atoms with van der Waals surface area (Å²) in [5.41, 5.74) is 0. The molecule has 0 aromatic heterocycles. The minimum atomic E-state index is -0.183. The van der Waals surface area contributed by atoms with Crippen LogP contribution in [0.15, 0.2) is 10.6 Å². The van der Waals surface area contributed by atoms with Crippen molar-refractivity contribution in [3.63, 3.8) is 0 Å². The number of aliphatic hydroxyl groups is 1. The predicted molar refractivity (Wildman–Crippen MR) is 48.5 cm³/mol. The second kappa shape index (κ2) is 2.91. The van der Waals surface area contributed by atoms with Gasteiger partial charge < -0.3 is 5.11 Å². The second-order valence-electron chi connectivity index (χ2n) is 3.65. The van der Waals surface area contributed by atoms with Gasteiger partial charge in [-0.05, 0) is 48.1 Å². The van der Waals surface area contributed by atoms with Gasteiger partial charge in [0.2, 0.25) is 0 Å². The Labute approximate surface area is 75.6 Å². The molecule has 11 heavy (non-hydrogen) atoms. The highest BCUT2D eigenvalue weighted by Crippen LogP contribution is 2.41. The molecule has 0 radical (unpaired) electrons. The first-order valence-electron chi connectivity index (χ1n) is 4.32. The van der Waals surface area contributed by atoms with Gasteiger partial charge >= 0.3 is 0 Å². The van der Waals surface area contributed by atoms with Crippen LogP contribution in [0.5, 0.6) is 0 Å². The maximum atomic E-state index is 9.64. The Bertz CT molecular complexity index is 180. The summed E-state index contributed by atoms with van der Waals surface area (Å²) in [4.78, 5) is 0. The monoisotopic (exact) mass is 216 g/mol. The Morgan fingerprint density at radius 1 is 1.27 bits per heavy atom. The zero-order chi connectivity index (χ0) is 7.84. The Morgan fingerprint density at radius 3 is 2.55 bits per heavy atom. The third-order valence-corrected chi connectivity index (χ3v) is 3.89. The average molecular weight is 217 g/mol. The Morgan fingerprint density at radius 2 is 1.91 bits per heavy atom. The van der Waals surface area contributed by atoms with Crippen LogP contribution in [-0.4, -0.2) is 11.2 Å². The quantitative estimate of drug-likeness (QED) is 0.660. The van der Waals surface area contributed by atoms with E-state index in [1.165, 1.54) is 30.2 Å². The van der Waals surface area contributed by atoms with Crippen LogP contribution in [-0.2, 0) is 0 Å². The highest BCUT2D eigenvalue weighted by Gasteiger charge is 2.30. The summed E-state index contributed by atoms with van der Waals surface area (Å²) in [5.74, 6) is 1.25. The molecule has 3 rings (SSSR count). The molecule has 3 aliphatic carbocycles. The molecule has 0 aliphatic heterocycles. The standard InChI is InChI=1S/C9H13BrO/c10-8-5-9(11)7-3-1-6(8)2-4-7/h5-7,9,11H,1-4H2/t6?,7?,9-/m0/s1. The van der Waals surface area contributed by atoms with Gasteiger partial charge in [-0.15, -0.1) is 0 Å². The molecule has 62 valence electrons. The van der Waals surface area contributed by atoms with E-state index in [2.05, 4.69) is 15.9 Å². The molecule has 3 aliphatic rings. The van der Waals surface area contributed by atoms with Crippen LogP contribution < -0.4 is 0 Å². The van der Waals surface area contributed by atoms with Crippen LogP contribution >= 0.6 is 15.9 Å². The summed E-state index contributed by atoms with van der Waals surface area (Å²) in [5, 5.41) is 9.64. The Balaban J connectivity index is 2.24. The van der Waals surface area contributed by atoms with Gasteiger partial charge in [0.25, 0.3) is 0 Å². The number of allylic oxidation sites excluding steroid dienone is 1. The summed E-state index contributed by atoms with van der Waals surface area (Å²) in [6.07, 6.45) is 6.75. The van der Waals surface area contributed by atoms with Crippen molar-refractivity contribution in [1.29, 1.82) is 0 Å². The van der Waals surface area contributed by atoms with Crippen molar-refractivity contribution in [1.82, 2.24) is 0 Å². The number of hydrogen-bond donors (Lipinski definition) is 1. The molecule has 1 atom stereocenters. The van der Waals surface area contributed by atoms with E-state index in [1.54, 1.807) is 0 Å². The van der Waals surface area contributed by atoms with E-state index >= 15 is 0 Å². The summed E-state index contributed by atoms with van der Waals surface area (Å²) in [6, 6.07) is 0. The molecule has 2 heteroatoms. The highest BCUT2D eigenvalue weighted by molar-refractivity contribution is 9.11. The van der Waals surface area contributed by atoms with Crippen molar-refractivity contribution < 1.29 is 5.11 Å². The Kier molecular flexibility index (Phi) is 2.06. The minimum Gasteiger partial charge on any atom is -0.389 e. The molecule has 0 unspecified atom stereocenters. The van der Waals surface area contributed by atoms with Crippen molar-refractivity contribution in [3.8, 4) is 0 Å². The topological polar surface area (TPSA) is 20.2 Å². The van der Waals surface area contributed by atoms with E-state index in [1.807, 2.05) is 6.08 Å². The van der Waals surface area contributed by atoms with Crippen molar-refractivity contribution in [2.45, 2.75) is 31.8 Å². The van der Waals surface area contributed by atoms with Gasteiger partial charge in [0.05, 0.1) is 6.10 Å². The molecule has 0 aromatic carbocycles. The molecule has 0 heterocycles. The van der Waals surface area contributed by atoms with Crippen LogP contribution in [0, 0.1) is 11.8 Å². The fraction of sp³-hybridized carbons (Fsp3) is 0.778. The Hall–Kier alpha value is 0.180. The molecule has 0 spiro atoms. The summed E-state index contributed by atoms with van der Waals surface area (Å²) in [7, 11) is 0. The van der Waals surface area contributed by atoms with Crippen LogP contribution in [0.2, 0.25) is 0 Å². The number of aliphatic hydroxyl groups excluding tert-OH is 1. The zero-order valence-electron chi connectivity index (χ0n) is 6.46. The first-order valence-corrected chi connectivity index (χ1v) is 5.12. The fourth-order valence-electron chi connectivity index (χ4n) is 2.17. The van der Waals surface area contributed by atoms with Crippen molar-refractivity contribution in [2.75, 3.05) is 0 Å². The smallest absolute Gasteiger partial charge is 0.0759 e. The van der Waals surface area contributed by atoms with Gasteiger partial charge in [0.1, 0.15) is 0 Å². The number of halogens is 1. The number of hydrogen-bond acceptors (Lipinski definition) is 1. The molecular formula is C9H13BrO. The molecule has 1 saturated carbocycles. The summed E-state index contributed by atoms with van der Waals surface area (Å²) in [6.45, 7) is 0. The normalized spacial score (nSPS) is 43.5. The second-order valence-corrected chi connectivity index (χ2v) is 4.57.